The predicted octanol–water partition coefficient (Wildman–Crippen LogP) is 2.73. The second-order valence-corrected chi connectivity index (χ2v) is 5.02. The summed E-state index contributed by atoms with van der Waals surface area (Å²) >= 11 is 0. The van der Waals surface area contributed by atoms with Crippen LogP contribution in [0, 0.1) is 19.8 Å². The Morgan fingerprint density at radius 3 is 2.50 bits per heavy atom. The molecule has 102 valence electrons. The molecule has 2 N–H and O–H groups in total. The van der Waals surface area contributed by atoms with Crippen LogP contribution in [0.3, 0.4) is 0 Å². The first-order chi connectivity index (χ1) is 8.53. The van der Waals surface area contributed by atoms with Gasteiger partial charge in [0.1, 0.15) is 5.75 Å². The van der Waals surface area contributed by atoms with E-state index in [9.17, 15) is 0 Å². The lowest BCUT2D eigenvalue weighted by Gasteiger charge is -2.27. The zero-order valence-electron chi connectivity index (χ0n) is 12.3. The first kappa shape index (κ1) is 14.8. The highest BCUT2D eigenvalue weighted by Crippen LogP contribution is 2.33. The maximum Gasteiger partial charge on any atom is 0.142 e. The number of nitrogens with zero attached hydrogens (tertiary/aromatic N) is 1. The Kier molecular flexibility index (Phi) is 5.48. The Hall–Kier alpha value is -1.22. The molecule has 1 unspecified atom stereocenters. The van der Waals surface area contributed by atoms with Crippen molar-refractivity contribution in [2.24, 2.45) is 11.7 Å². The van der Waals surface area contributed by atoms with Gasteiger partial charge >= 0.3 is 0 Å². The van der Waals surface area contributed by atoms with Crippen molar-refractivity contribution < 1.29 is 4.74 Å². The lowest BCUT2D eigenvalue weighted by Crippen LogP contribution is -2.30. The van der Waals surface area contributed by atoms with Gasteiger partial charge in [-0.15, -0.1) is 0 Å². The molecule has 0 aliphatic heterocycles. The molecule has 3 heteroatoms. The van der Waals surface area contributed by atoms with Crippen molar-refractivity contribution in [1.29, 1.82) is 0 Å². The molecule has 0 aliphatic carbocycles. The van der Waals surface area contributed by atoms with Gasteiger partial charge in [-0.2, -0.15) is 0 Å². The lowest BCUT2D eigenvalue weighted by atomic mass is 10.0. The molecule has 0 aliphatic rings. The van der Waals surface area contributed by atoms with Gasteiger partial charge in [0, 0.05) is 13.6 Å². The normalized spacial score (nSPS) is 12.3. The molecule has 1 aromatic carbocycles. The number of methoxy groups -OCH3 is 1. The largest absolute Gasteiger partial charge is 0.495 e. The fourth-order valence-electron chi connectivity index (χ4n) is 2.41. The van der Waals surface area contributed by atoms with Gasteiger partial charge < -0.3 is 15.4 Å². The molecule has 1 atom stereocenters. The highest BCUT2D eigenvalue weighted by Gasteiger charge is 2.15. The van der Waals surface area contributed by atoms with E-state index in [1.807, 2.05) is 0 Å². The molecule has 3 nitrogen and oxygen atoms in total. The average molecular weight is 250 g/mol. The minimum atomic E-state index is 0.528. The van der Waals surface area contributed by atoms with Crippen molar-refractivity contribution in [2.45, 2.75) is 27.2 Å². The van der Waals surface area contributed by atoms with Gasteiger partial charge in [0.15, 0.2) is 0 Å². The van der Waals surface area contributed by atoms with Gasteiger partial charge in [-0.1, -0.05) is 19.4 Å². The van der Waals surface area contributed by atoms with E-state index in [-0.39, 0.29) is 0 Å². The van der Waals surface area contributed by atoms with E-state index in [0.717, 1.165) is 25.3 Å². The van der Waals surface area contributed by atoms with Crippen LogP contribution < -0.4 is 15.4 Å². The molecule has 0 saturated heterocycles. The van der Waals surface area contributed by atoms with Crippen molar-refractivity contribution in [3.63, 3.8) is 0 Å². The highest BCUT2D eigenvalue weighted by atomic mass is 16.5. The standard InChI is InChI=1S/C15H26N2O/c1-6-13(9-16)10-17(4)15-12(3)7-11(2)8-14(15)18-5/h7-8,13H,6,9-10,16H2,1-5H3. The topological polar surface area (TPSA) is 38.5 Å². The van der Waals surface area contributed by atoms with Gasteiger partial charge in [-0.05, 0) is 43.5 Å². The Balaban J connectivity index is 3.00. The number of rotatable bonds is 6. The Morgan fingerprint density at radius 2 is 2.00 bits per heavy atom. The summed E-state index contributed by atoms with van der Waals surface area (Å²) in [6.45, 7) is 8.10. The smallest absolute Gasteiger partial charge is 0.142 e. The van der Waals surface area contributed by atoms with Crippen LogP contribution in [-0.4, -0.2) is 27.2 Å². The average Bonchev–Trinajstić information content (AvgIpc) is 2.34. The van der Waals surface area contributed by atoms with Crippen molar-refractivity contribution in [1.82, 2.24) is 0 Å². The summed E-state index contributed by atoms with van der Waals surface area (Å²) < 4.78 is 5.50. The molecule has 0 aromatic heterocycles. The second kappa shape index (κ2) is 6.64. The van der Waals surface area contributed by atoms with Crippen LogP contribution in [0.1, 0.15) is 24.5 Å². The molecule has 0 bridgehead atoms. The van der Waals surface area contributed by atoms with E-state index in [1.165, 1.54) is 16.8 Å². The van der Waals surface area contributed by atoms with Crippen molar-refractivity contribution in [2.75, 3.05) is 32.1 Å². The van der Waals surface area contributed by atoms with Crippen LogP contribution in [0.2, 0.25) is 0 Å². The van der Waals surface area contributed by atoms with Gasteiger partial charge in [0.05, 0.1) is 12.8 Å². The summed E-state index contributed by atoms with van der Waals surface area (Å²) in [5.74, 6) is 1.47. The monoisotopic (exact) mass is 250 g/mol. The maximum atomic E-state index is 5.78. The summed E-state index contributed by atoms with van der Waals surface area (Å²) in [6, 6.07) is 4.28. The summed E-state index contributed by atoms with van der Waals surface area (Å²) in [4.78, 5) is 2.26. The van der Waals surface area contributed by atoms with Crippen LogP contribution in [0.25, 0.3) is 0 Å². The number of ether oxygens (including phenoxy) is 1. The maximum absolute atomic E-state index is 5.78. The molecular weight excluding hydrogens is 224 g/mol. The molecule has 0 saturated carbocycles. The number of hydrogen-bond donors (Lipinski definition) is 1. The van der Waals surface area contributed by atoms with E-state index >= 15 is 0 Å². The minimum absolute atomic E-state index is 0.528. The molecule has 18 heavy (non-hydrogen) atoms. The summed E-state index contributed by atoms with van der Waals surface area (Å²) in [7, 11) is 3.84. The van der Waals surface area contributed by atoms with Crippen LogP contribution in [0.4, 0.5) is 5.69 Å². The molecule has 0 spiro atoms. The Morgan fingerprint density at radius 1 is 1.33 bits per heavy atom. The zero-order valence-corrected chi connectivity index (χ0v) is 12.3. The molecule has 0 heterocycles. The van der Waals surface area contributed by atoms with Crippen molar-refractivity contribution >= 4 is 5.69 Å². The van der Waals surface area contributed by atoms with E-state index in [2.05, 4.69) is 44.9 Å². The van der Waals surface area contributed by atoms with E-state index < -0.39 is 0 Å². The third-order valence-electron chi connectivity index (χ3n) is 3.45. The van der Waals surface area contributed by atoms with Crippen LogP contribution in [0.5, 0.6) is 5.75 Å². The molecule has 0 amide bonds. The molecule has 0 fully saturated rings. The van der Waals surface area contributed by atoms with E-state index in [0.29, 0.717) is 5.92 Å². The molecule has 1 rings (SSSR count). The summed E-state index contributed by atoms with van der Waals surface area (Å²) in [6.07, 6.45) is 1.11. The van der Waals surface area contributed by atoms with Crippen LogP contribution in [-0.2, 0) is 0 Å². The van der Waals surface area contributed by atoms with Crippen LogP contribution >= 0.6 is 0 Å². The third kappa shape index (κ3) is 3.39. The van der Waals surface area contributed by atoms with Crippen molar-refractivity contribution in [3.8, 4) is 5.75 Å². The number of nitrogens with two attached hydrogens (primary N) is 1. The first-order valence-electron chi connectivity index (χ1n) is 6.59. The van der Waals surface area contributed by atoms with Gasteiger partial charge in [0.2, 0.25) is 0 Å². The quantitative estimate of drug-likeness (QED) is 0.843. The number of hydrogen-bond acceptors (Lipinski definition) is 3. The fraction of sp³-hybridized carbons (Fsp3) is 0.600. The van der Waals surface area contributed by atoms with Crippen molar-refractivity contribution in [3.05, 3.63) is 23.3 Å². The molecular formula is C15H26N2O. The number of aryl methyl sites for hydroxylation is 2. The fourth-order valence-corrected chi connectivity index (χ4v) is 2.41. The van der Waals surface area contributed by atoms with Gasteiger partial charge in [0.25, 0.3) is 0 Å². The Labute approximate surface area is 111 Å². The zero-order chi connectivity index (χ0) is 13.7. The molecule has 0 radical (unpaired) electrons. The number of anilines is 1. The third-order valence-corrected chi connectivity index (χ3v) is 3.45. The van der Waals surface area contributed by atoms with E-state index in [1.54, 1.807) is 7.11 Å². The first-order valence-corrected chi connectivity index (χ1v) is 6.59. The second-order valence-electron chi connectivity index (χ2n) is 5.02. The van der Waals surface area contributed by atoms with E-state index in [4.69, 9.17) is 10.5 Å². The highest BCUT2D eigenvalue weighted by molar-refractivity contribution is 5.64. The lowest BCUT2D eigenvalue weighted by molar-refractivity contribution is 0.412. The minimum Gasteiger partial charge on any atom is -0.495 e. The van der Waals surface area contributed by atoms with Gasteiger partial charge in [-0.25, -0.2) is 0 Å². The van der Waals surface area contributed by atoms with Crippen LogP contribution in [0.15, 0.2) is 12.1 Å². The Bertz CT molecular complexity index is 386. The summed E-state index contributed by atoms with van der Waals surface area (Å²) in [5, 5.41) is 0. The molecule has 1 aromatic rings. The summed E-state index contributed by atoms with van der Waals surface area (Å²) in [5.41, 5.74) is 9.44. The SMILES string of the molecule is CCC(CN)CN(C)c1c(C)cc(C)cc1OC. The predicted molar refractivity (Wildman–Crippen MR) is 78.6 cm³/mol. The van der Waals surface area contributed by atoms with Gasteiger partial charge in [-0.3, -0.25) is 0 Å². The number of benzene rings is 1.